The SMILES string of the molecule is CC(C)(C)c1ccc(N(c2ccc(C(C)(C)C)cc2)c2ccc3c(c2)N(c2ccccc2)c2cc(-c4ccccc4)cc4c2B3n2c3sc5ccccc5c3c3cccc-4c32)cc1. The summed E-state index contributed by atoms with van der Waals surface area (Å²) in [6, 6.07) is 68.4. The molecule has 8 aromatic carbocycles. The highest BCUT2D eigenvalue weighted by atomic mass is 32.1. The van der Waals surface area contributed by atoms with E-state index in [4.69, 9.17) is 0 Å². The lowest BCUT2D eigenvalue weighted by Gasteiger charge is -2.41. The van der Waals surface area contributed by atoms with Gasteiger partial charge in [-0.25, -0.2) is 0 Å². The summed E-state index contributed by atoms with van der Waals surface area (Å²) in [5, 5.41) is 4.01. The van der Waals surface area contributed by atoms with Gasteiger partial charge in [-0.2, -0.15) is 0 Å². The topological polar surface area (TPSA) is 11.4 Å². The Bertz CT molecular complexity index is 3350. The van der Waals surface area contributed by atoms with Gasteiger partial charge in [-0.15, -0.1) is 11.3 Å². The number of hydrogen-bond acceptors (Lipinski definition) is 3. The summed E-state index contributed by atoms with van der Waals surface area (Å²) in [7, 11) is 0. The van der Waals surface area contributed by atoms with E-state index in [-0.39, 0.29) is 17.7 Å². The summed E-state index contributed by atoms with van der Waals surface area (Å²) in [5.74, 6) is 0. The van der Waals surface area contributed by atoms with Crippen molar-refractivity contribution in [3.63, 3.8) is 0 Å². The van der Waals surface area contributed by atoms with Crippen molar-refractivity contribution in [2.75, 3.05) is 9.80 Å². The molecule has 2 aliphatic rings. The summed E-state index contributed by atoms with van der Waals surface area (Å²) in [6.45, 7) is 13.7. The molecule has 304 valence electrons. The van der Waals surface area contributed by atoms with Crippen LogP contribution in [0.15, 0.2) is 182 Å². The number of para-hydroxylation sites is 2. The van der Waals surface area contributed by atoms with Crippen molar-refractivity contribution in [2.24, 2.45) is 0 Å². The molecule has 2 aromatic heterocycles. The third-order valence-corrected chi connectivity index (χ3v) is 14.6. The van der Waals surface area contributed by atoms with Crippen molar-refractivity contribution in [3.05, 3.63) is 193 Å². The Balaban J connectivity index is 1.17. The molecule has 0 unspecified atom stereocenters. The molecule has 0 atom stereocenters. The molecule has 0 bridgehead atoms. The second-order valence-corrected chi connectivity index (χ2v) is 20.4. The molecule has 0 saturated carbocycles. The van der Waals surface area contributed by atoms with Crippen LogP contribution in [0.25, 0.3) is 53.5 Å². The van der Waals surface area contributed by atoms with Crippen molar-refractivity contribution < 1.29 is 0 Å². The summed E-state index contributed by atoms with van der Waals surface area (Å²) in [6.07, 6.45) is 0. The molecule has 3 nitrogen and oxygen atoms in total. The van der Waals surface area contributed by atoms with E-state index < -0.39 is 0 Å². The standard InChI is InChI=1S/C58H48BN3S/c1-57(2,3)39-24-28-42(29-25-39)60(43-30-26-40(27-31-43)58(4,5)6)44-32-33-49-50(36-44)61(41-18-11-8-12-19-41)51-35-38(37-16-9-7-10-17-37)34-48-45-21-15-22-47-53-46-20-13-14-23-52(46)63-56(53)62(55(45)47)59(49)54(48)51/h7-36H,1-6H3. The van der Waals surface area contributed by atoms with Gasteiger partial charge in [0, 0.05) is 66.1 Å². The summed E-state index contributed by atoms with van der Waals surface area (Å²) >= 11 is 1.93. The smallest absolute Gasteiger partial charge is 0.333 e. The molecule has 12 rings (SSSR count). The fourth-order valence-corrected chi connectivity index (χ4v) is 11.6. The van der Waals surface area contributed by atoms with Crippen LogP contribution in [0.4, 0.5) is 34.1 Å². The van der Waals surface area contributed by atoms with Crippen molar-refractivity contribution >= 4 is 94.4 Å². The zero-order valence-electron chi connectivity index (χ0n) is 36.6. The van der Waals surface area contributed by atoms with Crippen LogP contribution in [0.2, 0.25) is 0 Å². The monoisotopic (exact) mass is 829 g/mol. The van der Waals surface area contributed by atoms with Gasteiger partial charge in [0.05, 0.1) is 4.83 Å². The third-order valence-electron chi connectivity index (χ3n) is 13.5. The van der Waals surface area contributed by atoms with E-state index in [0.717, 1.165) is 22.7 Å². The number of anilines is 6. The molecule has 0 N–H and O–H groups in total. The summed E-state index contributed by atoms with van der Waals surface area (Å²) in [5.41, 5.74) is 18.6. The Kier molecular flexibility index (Phi) is 8.33. The van der Waals surface area contributed by atoms with Gasteiger partial charge in [0.1, 0.15) is 0 Å². The molecule has 0 fully saturated rings. The lowest BCUT2D eigenvalue weighted by molar-refractivity contribution is 0.590. The van der Waals surface area contributed by atoms with E-state index in [1.54, 1.807) is 0 Å². The Hall–Kier alpha value is -6.82. The molecule has 0 aliphatic carbocycles. The third kappa shape index (κ3) is 5.86. The van der Waals surface area contributed by atoms with Crippen molar-refractivity contribution in [1.29, 1.82) is 0 Å². The first-order chi connectivity index (χ1) is 30.5. The maximum absolute atomic E-state index is 2.70. The van der Waals surface area contributed by atoms with Gasteiger partial charge in [-0.3, -0.25) is 0 Å². The maximum Gasteiger partial charge on any atom is 0.333 e. The van der Waals surface area contributed by atoms with E-state index in [0.29, 0.717) is 0 Å². The van der Waals surface area contributed by atoms with Gasteiger partial charge >= 0.3 is 6.85 Å². The molecule has 4 heterocycles. The number of aromatic nitrogens is 1. The second-order valence-electron chi connectivity index (χ2n) is 19.4. The number of thiophene rings is 1. The van der Waals surface area contributed by atoms with Gasteiger partial charge in [0.2, 0.25) is 0 Å². The lowest BCUT2D eigenvalue weighted by Crippen LogP contribution is -2.56. The number of benzene rings is 8. The minimum absolute atomic E-state index is 0.0441. The molecule has 5 heteroatoms. The Morgan fingerprint density at radius 3 is 1.76 bits per heavy atom. The average Bonchev–Trinajstić information content (AvgIpc) is 3.83. The van der Waals surface area contributed by atoms with Crippen LogP contribution in [0, 0.1) is 0 Å². The molecule has 0 radical (unpaired) electrons. The Morgan fingerprint density at radius 2 is 1.10 bits per heavy atom. The van der Waals surface area contributed by atoms with Gasteiger partial charge in [0.25, 0.3) is 0 Å². The molecule has 2 aliphatic heterocycles. The number of fused-ring (bicyclic) bond motifs is 9. The number of rotatable bonds is 5. The van der Waals surface area contributed by atoms with Gasteiger partial charge in [-0.1, -0.05) is 157 Å². The van der Waals surface area contributed by atoms with Gasteiger partial charge in [0.15, 0.2) is 0 Å². The zero-order chi connectivity index (χ0) is 42.8. The zero-order valence-corrected chi connectivity index (χ0v) is 37.5. The first-order valence-electron chi connectivity index (χ1n) is 22.2. The lowest BCUT2D eigenvalue weighted by atomic mass is 9.45. The fourth-order valence-electron chi connectivity index (χ4n) is 10.3. The maximum atomic E-state index is 2.70. The Morgan fingerprint density at radius 1 is 0.492 bits per heavy atom. The number of hydrogen-bond donors (Lipinski definition) is 0. The molecule has 0 saturated heterocycles. The summed E-state index contributed by atoms with van der Waals surface area (Å²) in [4.78, 5) is 6.31. The average molecular weight is 830 g/mol. The van der Waals surface area contributed by atoms with Crippen LogP contribution < -0.4 is 20.7 Å². The van der Waals surface area contributed by atoms with E-state index in [9.17, 15) is 0 Å². The minimum atomic E-state index is -0.0441. The van der Waals surface area contributed by atoms with Crippen LogP contribution in [0.5, 0.6) is 0 Å². The molecule has 0 spiro atoms. The first-order valence-corrected chi connectivity index (χ1v) is 23.0. The minimum Gasteiger partial charge on any atom is -0.367 e. The highest BCUT2D eigenvalue weighted by Gasteiger charge is 2.44. The van der Waals surface area contributed by atoms with Crippen LogP contribution in [-0.2, 0) is 10.8 Å². The van der Waals surface area contributed by atoms with E-state index in [1.807, 2.05) is 11.3 Å². The van der Waals surface area contributed by atoms with Crippen LogP contribution in [0.1, 0.15) is 52.7 Å². The quantitative estimate of drug-likeness (QED) is 0.160. The van der Waals surface area contributed by atoms with Crippen molar-refractivity contribution in [1.82, 2.24) is 4.48 Å². The van der Waals surface area contributed by atoms with Gasteiger partial charge < -0.3 is 14.3 Å². The molecular formula is C58H48BN3S. The molecule has 10 aromatic rings. The predicted molar refractivity (Wildman–Crippen MR) is 273 cm³/mol. The largest absolute Gasteiger partial charge is 0.367 e. The second kappa shape index (κ2) is 13.8. The molecular weight excluding hydrogens is 782 g/mol. The highest BCUT2D eigenvalue weighted by molar-refractivity contribution is 7.26. The summed E-state index contributed by atoms with van der Waals surface area (Å²) < 4.78 is 4.03. The van der Waals surface area contributed by atoms with Gasteiger partial charge in [-0.05, 0) is 116 Å². The highest BCUT2D eigenvalue weighted by Crippen LogP contribution is 2.50. The van der Waals surface area contributed by atoms with E-state index in [1.165, 1.54) is 86.9 Å². The molecule has 63 heavy (non-hydrogen) atoms. The van der Waals surface area contributed by atoms with Crippen LogP contribution in [-0.4, -0.2) is 11.3 Å². The first kappa shape index (κ1) is 37.9. The van der Waals surface area contributed by atoms with Crippen molar-refractivity contribution in [3.8, 4) is 22.3 Å². The van der Waals surface area contributed by atoms with Crippen LogP contribution >= 0.6 is 11.3 Å². The fraction of sp³-hybridized carbons (Fsp3) is 0.138. The van der Waals surface area contributed by atoms with Crippen molar-refractivity contribution in [2.45, 2.75) is 52.4 Å². The normalized spacial score (nSPS) is 13.2. The van der Waals surface area contributed by atoms with E-state index in [2.05, 4.69) is 238 Å². The predicted octanol–water partition coefficient (Wildman–Crippen LogP) is 15.2. The van der Waals surface area contributed by atoms with Crippen LogP contribution in [0.3, 0.4) is 0 Å². The van der Waals surface area contributed by atoms with E-state index >= 15 is 0 Å². The molecule has 0 amide bonds. The Labute approximate surface area is 374 Å². The number of nitrogens with zero attached hydrogens (tertiary/aromatic N) is 3.